The summed E-state index contributed by atoms with van der Waals surface area (Å²) >= 11 is 1.77. The van der Waals surface area contributed by atoms with E-state index in [0.29, 0.717) is 26.1 Å². The highest BCUT2D eigenvalue weighted by atomic mass is 32.1. The topological polar surface area (TPSA) is 82.5 Å². The van der Waals surface area contributed by atoms with Crippen LogP contribution in [0.4, 0.5) is 4.79 Å². The first-order valence-electron chi connectivity index (χ1n) is 8.36. The molecule has 1 saturated heterocycles. The number of carbonyl (C=O) groups is 2. The molecule has 2 N–H and O–H groups in total. The number of carboxylic acids is 1. The highest BCUT2D eigenvalue weighted by Gasteiger charge is 2.27. The molecule has 2 amide bonds. The molecular formula is C16H23N3O3S. The molecule has 1 aromatic rings. The molecule has 1 atom stereocenters. The smallest absolute Gasteiger partial charge is 0.317 e. The number of nitrogens with one attached hydrogen (secondary N) is 1. The number of aromatic nitrogens is 1. The van der Waals surface area contributed by atoms with Gasteiger partial charge in [-0.05, 0) is 38.5 Å². The van der Waals surface area contributed by atoms with Crippen LogP contribution in [-0.4, -0.2) is 46.6 Å². The van der Waals surface area contributed by atoms with Gasteiger partial charge in [0.1, 0.15) is 0 Å². The fourth-order valence-corrected chi connectivity index (χ4v) is 4.42. The second-order valence-corrected chi connectivity index (χ2v) is 7.46. The first kappa shape index (κ1) is 16.2. The fourth-order valence-electron chi connectivity index (χ4n) is 3.26. The van der Waals surface area contributed by atoms with Crippen LogP contribution in [0.1, 0.15) is 41.3 Å². The van der Waals surface area contributed by atoms with Crippen LogP contribution in [0.2, 0.25) is 0 Å². The van der Waals surface area contributed by atoms with E-state index in [4.69, 9.17) is 5.11 Å². The molecule has 0 spiro atoms. The number of aliphatic carboxylic acids is 1. The van der Waals surface area contributed by atoms with Gasteiger partial charge in [-0.1, -0.05) is 0 Å². The zero-order chi connectivity index (χ0) is 16.2. The average Bonchev–Trinajstić information content (AvgIpc) is 2.97. The Balaban J connectivity index is 1.45. The van der Waals surface area contributed by atoms with E-state index in [9.17, 15) is 9.59 Å². The van der Waals surface area contributed by atoms with Crippen molar-refractivity contribution in [2.24, 2.45) is 5.92 Å². The molecule has 1 fully saturated rings. The fraction of sp³-hybridized carbons (Fsp3) is 0.688. The molecule has 126 valence electrons. The molecule has 0 aromatic carbocycles. The number of likely N-dealkylation sites (tertiary alicyclic amines) is 1. The number of piperidine rings is 1. The molecular weight excluding hydrogens is 314 g/mol. The van der Waals surface area contributed by atoms with E-state index in [2.05, 4.69) is 10.3 Å². The highest BCUT2D eigenvalue weighted by molar-refractivity contribution is 7.11. The summed E-state index contributed by atoms with van der Waals surface area (Å²) in [7, 11) is 0. The van der Waals surface area contributed by atoms with Crippen LogP contribution in [0.15, 0.2) is 0 Å². The number of hydrogen-bond donors (Lipinski definition) is 2. The van der Waals surface area contributed by atoms with Gasteiger partial charge in [0.25, 0.3) is 0 Å². The third-order valence-corrected chi connectivity index (χ3v) is 5.78. The summed E-state index contributed by atoms with van der Waals surface area (Å²) < 4.78 is 0. The van der Waals surface area contributed by atoms with Gasteiger partial charge in [0.05, 0.1) is 16.6 Å². The van der Waals surface area contributed by atoms with Gasteiger partial charge in [-0.25, -0.2) is 9.78 Å². The largest absolute Gasteiger partial charge is 0.481 e. The van der Waals surface area contributed by atoms with Gasteiger partial charge in [-0.3, -0.25) is 4.79 Å². The quantitative estimate of drug-likeness (QED) is 0.881. The van der Waals surface area contributed by atoms with Crippen LogP contribution in [0, 0.1) is 5.92 Å². The summed E-state index contributed by atoms with van der Waals surface area (Å²) in [5.74, 6) is -1.24. The molecule has 1 aliphatic heterocycles. The van der Waals surface area contributed by atoms with Gasteiger partial charge < -0.3 is 15.3 Å². The van der Waals surface area contributed by atoms with E-state index < -0.39 is 11.9 Å². The minimum atomic E-state index is -0.809. The lowest BCUT2D eigenvalue weighted by molar-refractivity contribution is -0.143. The van der Waals surface area contributed by atoms with Crippen molar-refractivity contribution in [3.8, 4) is 0 Å². The van der Waals surface area contributed by atoms with E-state index >= 15 is 0 Å². The van der Waals surface area contributed by atoms with Crippen LogP contribution < -0.4 is 5.32 Å². The van der Waals surface area contributed by atoms with E-state index in [1.54, 1.807) is 16.2 Å². The number of rotatable bonds is 4. The van der Waals surface area contributed by atoms with Gasteiger partial charge in [0.2, 0.25) is 0 Å². The summed E-state index contributed by atoms with van der Waals surface area (Å²) in [5.41, 5.74) is 1.25. The first-order chi connectivity index (χ1) is 11.1. The van der Waals surface area contributed by atoms with Crippen molar-refractivity contribution in [1.82, 2.24) is 15.2 Å². The number of fused-ring (bicyclic) bond motifs is 1. The van der Waals surface area contributed by atoms with Crippen LogP contribution in [0.25, 0.3) is 0 Å². The van der Waals surface area contributed by atoms with E-state index in [1.807, 2.05) is 0 Å². The number of carbonyl (C=O) groups excluding carboxylic acids is 1. The normalized spacial score (nSPS) is 20.9. The third kappa shape index (κ3) is 4.02. The number of hydrogen-bond acceptors (Lipinski definition) is 4. The summed E-state index contributed by atoms with van der Waals surface area (Å²) in [6.07, 6.45) is 6.87. The SMILES string of the molecule is O=C(O)C1CCCN(C(=O)NCCc2nc3c(s2)CCCC3)C1. The summed E-state index contributed by atoms with van der Waals surface area (Å²) in [5, 5.41) is 13.1. The molecule has 0 saturated carbocycles. The minimum Gasteiger partial charge on any atom is -0.481 e. The third-order valence-electron chi connectivity index (χ3n) is 4.56. The van der Waals surface area contributed by atoms with Gasteiger partial charge in [0.15, 0.2) is 0 Å². The van der Waals surface area contributed by atoms with E-state index in [1.165, 1.54) is 23.4 Å². The van der Waals surface area contributed by atoms with Crippen molar-refractivity contribution < 1.29 is 14.7 Å². The van der Waals surface area contributed by atoms with Crippen molar-refractivity contribution in [2.75, 3.05) is 19.6 Å². The molecule has 6 nitrogen and oxygen atoms in total. The number of thiazole rings is 1. The lowest BCUT2D eigenvalue weighted by Crippen LogP contribution is -2.47. The van der Waals surface area contributed by atoms with Crippen LogP contribution in [-0.2, 0) is 24.1 Å². The Hall–Kier alpha value is -1.63. The predicted octanol–water partition coefficient (Wildman–Crippen LogP) is 2.07. The Morgan fingerprint density at radius 3 is 2.91 bits per heavy atom. The first-order valence-corrected chi connectivity index (χ1v) is 9.18. The predicted molar refractivity (Wildman–Crippen MR) is 87.8 cm³/mol. The number of carboxylic acid groups (broad SMARTS) is 1. The van der Waals surface area contributed by atoms with Crippen molar-refractivity contribution in [3.05, 3.63) is 15.6 Å². The van der Waals surface area contributed by atoms with Crippen LogP contribution in [0.3, 0.4) is 0 Å². The van der Waals surface area contributed by atoms with Gasteiger partial charge in [-0.15, -0.1) is 11.3 Å². The Morgan fingerprint density at radius 2 is 2.13 bits per heavy atom. The maximum absolute atomic E-state index is 12.2. The Kier molecular flexibility index (Phi) is 5.15. The second-order valence-electron chi connectivity index (χ2n) is 6.29. The Labute approximate surface area is 139 Å². The maximum Gasteiger partial charge on any atom is 0.317 e. The number of amides is 2. The number of aryl methyl sites for hydroxylation is 2. The molecule has 2 heterocycles. The second kappa shape index (κ2) is 7.29. The molecule has 1 aromatic heterocycles. The Morgan fingerprint density at radius 1 is 1.30 bits per heavy atom. The molecule has 23 heavy (non-hydrogen) atoms. The Bertz CT molecular complexity index is 564. The summed E-state index contributed by atoms with van der Waals surface area (Å²) in [6, 6.07) is -0.155. The summed E-state index contributed by atoms with van der Waals surface area (Å²) in [4.78, 5) is 30.9. The van der Waals surface area contributed by atoms with Crippen molar-refractivity contribution >= 4 is 23.3 Å². The lowest BCUT2D eigenvalue weighted by Gasteiger charge is -2.30. The average molecular weight is 337 g/mol. The molecule has 0 radical (unpaired) electrons. The van der Waals surface area contributed by atoms with Crippen molar-refractivity contribution in [2.45, 2.75) is 44.9 Å². The molecule has 1 aliphatic carbocycles. The highest BCUT2D eigenvalue weighted by Crippen LogP contribution is 2.26. The molecule has 2 aliphatic rings. The number of nitrogens with zero attached hydrogens (tertiary/aromatic N) is 2. The van der Waals surface area contributed by atoms with Crippen molar-refractivity contribution in [1.29, 1.82) is 0 Å². The molecule has 0 bridgehead atoms. The zero-order valence-electron chi connectivity index (χ0n) is 13.2. The van der Waals surface area contributed by atoms with E-state index in [0.717, 1.165) is 30.7 Å². The van der Waals surface area contributed by atoms with Gasteiger partial charge in [0, 0.05) is 30.9 Å². The number of urea groups is 1. The molecule has 1 unspecified atom stereocenters. The van der Waals surface area contributed by atoms with Gasteiger partial charge >= 0.3 is 12.0 Å². The maximum atomic E-state index is 12.2. The summed E-state index contributed by atoms with van der Waals surface area (Å²) in [6.45, 7) is 1.51. The van der Waals surface area contributed by atoms with Crippen molar-refractivity contribution in [3.63, 3.8) is 0 Å². The minimum absolute atomic E-state index is 0.155. The monoisotopic (exact) mass is 337 g/mol. The zero-order valence-corrected chi connectivity index (χ0v) is 14.0. The molecule has 7 heteroatoms. The molecule has 3 rings (SSSR count). The van der Waals surface area contributed by atoms with E-state index in [-0.39, 0.29) is 6.03 Å². The lowest BCUT2D eigenvalue weighted by atomic mass is 9.99. The van der Waals surface area contributed by atoms with Crippen LogP contribution >= 0.6 is 11.3 Å². The van der Waals surface area contributed by atoms with Crippen LogP contribution in [0.5, 0.6) is 0 Å². The standard InChI is InChI=1S/C16H23N3O3S/c20-15(21)11-4-3-9-19(10-11)16(22)17-8-7-14-18-12-5-1-2-6-13(12)23-14/h11H,1-10H2,(H,17,22)(H,20,21). The van der Waals surface area contributed by atoms with Gasteiger partial charge in [-0.2, -0.15) is 0 Å².